The summed E-state index contributed by atoms with van der Waals surface area (Å²) in [5.41, 5.74) is 1.68. The molecule has 0 bridgehead atoms. The van der Waals surface area contributed by atoms with Gasteiger partial charge in [0, 0.05) is 38.9 Å². The van der Waals surface area contributed by atoms with Crippen LogP contribution < -0.4 is 0 Å². The first-order valence-corrected chi connectivity index (χ1v) is 11.2. The molecule has 1 aliphatic rings. The fraction of sp³-hybridized carbons (Fsp3) is 0.217. The number of carbonyl (C=O) groups excluding carboxylic acids is 1. The van der Waals surface area contributed by atoms with Crippen molar-refractivity contribution in [2.75, 3.05) is 26.2 Å². The molecular weight excluding hydrogens is 427 g/mol. The van der Waals surface area contributed by atoms with Gasteiger partial charge in [0.15, 0.2) is 5.82 Å². The number of thiophene rings is 1. The fourth-order valence-corrected chi connectivity index (χ4v) is 4.40. The number of hydrogen-bond acceptors (Lipinski definition) is 6. The molecule has 3 aromatic heterocycles. The third-order valence-electron chi connectivity index (χ3n) is 5.38. The molecule has 0 radical (unpaired) electrons. The molecule has 1 fully saturated rings. The summed E-state index contributed by atoms with van der Waals surface area (Å²) in [5.74, 6) is 0.201. The highest BCUT2D eigenvalue weighted by molar-refractivity contribution is 7.13. The zero-order chi connectivity index (χ0) is 21.9. The van der Waals surface area contributed by atoms with E-state index in [1.807, 2.05) is 35.7 Å². The molecule has 0 N–H and O–H groups in total. The number of nitrogens with zero attached hydrogens (tertiary/aromatic N) is 6. The van der Waals surface area contributed by atoms with E-state index in [1.165, 1.54) is 23.5 Å². The van der Waals surface area contributed by atoms with Gasteiger partial charge in [-0.3, -0.25) is 14.7 Å². The first-order chi connectivity index (χ1) is 15.7. The number of carbonyl (C=O) groups is 1. The molecule has 1 aromatic carbocycles. The van der Waals surface area contributed by atoms with Crippen molar-refractivity contribution in [3.63, 3.8) is 0 Å². The number of piperazine rings is 1. The number of hydrogen-bond donors (Lipinski definition) is 0. The topological polar surface area (TPSA) is 67.2 Å². The molecule has 7 nitrogen and oxygen atoms in total. The standard InChI is InChI=1S/C23H21FN6OS/c24-17-6-8-19(9-7-17)30-22(20-5-3-15-32-20)26-21(27-30)23(31)29-13-11-28(12-14-29)16-18-4-1-2-10-25-18/h1-10,15H,11-14,16H2. The van der Waals surface area contributed by atoms with E-state index in [4.69, 9.17) is 0 Å². The van der Waals surface area contributed by atoms with Gasteiger partial charge in [-0.2, -0.15) is 0 Å². The average molecular weight is 449 g/mol. The van der Waals surface area contributed by atoms with Gasteiger partial charge >= 0.3 is 0 Å². The predicted octanol–water partition coefficient (Wildman–Crippen LogP) is 3.49. The Morgan fingerprint density at radius 2 is 1.81 bits per heavy atom. The Morgan fingerprint density at radius 1 is 1.00 bits per heavy atom. The van der Waals surface area contributed by atoms with Crippen LogP contribution in [0.15, 0.2) is 66.2 Å². The summed E-state index contributed by atoms with van der Waals surface area (Å²) in [6.45, 7) is 3.50. The SMILES string of the molecule is O=C(c1nc(-c2cccs2)n(-c2ccc(F)cc2)n1)N1CCN(Cc2ccccn2)CC1. The Hall–Kier alpha value is -3.43. The average Bonchev–Trinajstić information content (AvgIpc) is 3.51. The molecule has 0 spiro atoms. The van der Waals surface area contributed by atoms with Crippen LogP contribution in [-0.4, -0.2) is 61.6 Å². The summed E-state index contributed by atoms with van der Waals surface area (Å²) in [4.78, 5) is 27.1. The van der Waals surface area contributed by atoms with E-state index in [-0.39, 0.29) is 17.5 Å². The van der Waals surface area contributed by atoms with E-state index in [2.05, 4.69) is 20.0 Å². The predicted molar refractivity (Wildman–Crippen MR) is 120 cm³/mol. The molecule has 1 saturated heterocycles. The Bertz CT molecular complexity index is 1190. The van der Waals surface area contributed by atoms with Gasteiger partial charge in [0.1, 0.15) is 5.82 Å². The van der Waals surface area contributed by atoms with E-state index in [0.717, 1.165) is 30.2 Å². The van der Waals surface area contributed by atoms with Gasteiger partial charge in [0.25, 0.3) is 5.91 Å². The lowest BCUT2D eigenvalue weighted by Crippen LogP contribution is -2.48. The highest BCUT2D eigenvalue weighted by Gasteiger charge is 2.27. The van der Waals surface area contributed by atoms with E-state index in [9.17, 15) is 9.18 Å². The molecule has 1 amide bonds. The van der Waals surface area contributed by atoms with Gasteiger partial charge in [0.05, 0.1) is 16.3 Å². The molecule has 0 unspecified atom stereocenters. The van der Waals surface area contributed by atoms with Crippen molar-refractivity contribution in [3.05, 3.63) is 83.5 Å². The van der Waals surface area contributed by atoms with Crippen LogP contribution in [0.4, 0.5) is 4.39 Å². The lowest BCUT2D eigenvalue weighted by molar-refractivity contribution is 0.0615. The summed E-state index contributed by atoms with van der Waals surface area (Å²) in [6.07, 6.45) is 1.80. The minimum atomic E-state index is -0.327. The molecule has 0 saturated carbocycles. The summed E-state index contributed by atoms with van der Waals surface area (Å²) < 4.78 is 15.0. The largest absolute Gasteiger partial charge is 0.333 e. The van der Waals surface area contributed by atoms with E-state index in [1.54, 1.807) is 27.9 Å². The molecule has 5 rings (SSSR count). The molecular formula is C23H21FN6OS. The second-order valence-corrected chi connectivity index (χ2v) is 8.46. The van der Waals surface area contributed by atoms with Crippen LogP contribution in [0.2, 0.25) is 0 Å². The fourth-order valence-electron chi connectivity index (χ4n) is 3.70. The number of pyridine rings is 1. The number of rotatable bonds is 5. The number of benzene rings is 1. The van der Waals surface area contributed by atoms with Gasteiger partial charge < -0.3 is 4.90 Å². The zero-order valence-corrected chi connectivity index (χ0v) is 18.1. The van der Waals surface area contributed by atoms with Crippen molar-refractivity contribution < 1.29 is 9.18 Å². The number of amides is 1. The first-order valence-electron chi connectivity index (χ1n) is 10.4. The molecule has 1 aliphatic heterocycles. The van der Waals surface area contributed by atoms with E-state index < -0.39 is 0 Å². The minimum absolute atomic E-state index is 0.149. The summed E-state index contributed by atoms with van der Waals surface area (Å²) in [7, 11) is 0. The normalized spacial score (nSPS) is 14.6. The lowest BCUT2D eigenvalue weighted by atomic mass is 10.2. The second-order valence-electron chi connectivity index (χ2n) is 7.51. The van der Waals surface area contributed by atoms with Crippen LogP contribution in [0, 0.1) is 5.82 Å². The van der Waals surface area contributed by atoms with Crippen molar-refractivity contribution in [1.29, 1.82) is 0 Å². The first kappa shape index (κ1) is 20.5. The smallest absolute Gasteiger partial charge is 0.293 e. The van der Waals surface area contributed by atoms with Crippen molar-refractivity contribution >= 4 is 17.2 Å². The maximum absolute atomic E-state index is 13.4. The van der Waals surface area contributed by atoms with Gasteiger partial charge in [-0.25, -0.2) is 14.1 Å². The molecule has 9 heteroatoms. The molecule has 0 aliphatic carbocycles. The third-order valence-corrected chi connectivity index (χ3v) is 6.25. The van der Waals surface area contributed by atoms with E-state index in [0.29, 0.717) is 24.6 Å². The zero-order valence-electron chi connectivity index (χ0n) is 17.3. The summed E-state index contributed by atoms with van der Waals surface area (Å²) in [6, 6.07) is 15.8. The maximum Gasteiger partial charge on any atom is 0.293 e. The Balaban J connectivity index is 1.34. The highest BCUT2D eigenvalue weighted by Crippen LogP contribution is 2.26. The van der Waals surface area contributed by atoms with Crippen molar-refractivity contribution in [2.24, 2.45) is 0 Å². The van der Waals surface area contributed by atoms with E-state index >= 15 is 0 Å². The highest BCUT2D eigenvalue weighted by atomic mass is 32.1. The van der Waals surface area contributed by atoms with Crippen LogP contribution >= 0.6 is 11.3 Å². The van der Waals surface area contributed by atoms with Gasteiger partial charge in [-0.05, 0) is 47.8 Å². The molecule has 4 aromatic rings. The van der Waals surface area contributed by atoms with Crippen molar-refractivity contribution in [2.45, 2.75) is 6.54 Å². The van der Waals surface area contributed by atoms with Gasteiger partial charge in [0.2, 0.25) is 5.82 Å². The molecule has 0 atom stereocenters. The monoisotopic (exact) mass is 448 g/mol. The maximum atomic E-state index is 13.4. The molecule has 32 heavy (non-hydrogen) atoms. The van der Waals surface area contributed by atoms with Crippen LogP contribution in [0.1, 0.15) is 16.3 Å². The van der Waals surface area contributed by atoms with Crippen molar-refractivity contribution in [1.82, 2.24) is 29.5 Å². The van der Waals surface area contributed by atoms with Gasteiger partial charge in [-0.15, -0.1) is 16.4 Å². The molecule has 4 heterocycles. The van der Waals surface area contributed by atoms with Crippen LogP contribution in [0.3, 0.4) is 0 Å². The molecule has 162 valence electrons. The van der Waals surface area contributed by atoms with Gasteiger partial charge in [-0.1, -0.05) is 12.1 Å². The summed E-state index contributed by atoms with van der Waals surface area (Å²) >= 11 is 1.51. The summed E-state index contributed by atoms with van der Waals surface area (Å²) in [5, 5.41) is 6.45. The minimum Gasteiger partial charge on any atom is -0.333 e. The second kappa shape index (κ2) is 8.97. The Morgan fingerprint density at radius 3 is 2.50 bits per heavy atom. The van der Waals surface area contributed by atoms with Crippen LogP contribution in [0.5, 0.6) is 0 Å². The Kier molecular flexibility index (Phi) is 5.74. The quantitative estimate of drug-likeness (QED) is 0.468. The third kappa shape index (κ3) is 4.30. The Labute approximate surface area is 188 Å². The van der Waals surface area contributed by atoms with Crippen molar-refractivity contribution in [3.8, 4) is 16.4 Å². The lowest BCUT2D eigenvalue weighted by Gasteiger charge is -2.33. The number of aromatic nitrogens is 4. The van der Waals surface area contributed by atoms with Crippen LogP contribution in [0.25, 0.3) is 16.4 Å². The van der Waals surface area contributed by atoms with Crippen LogP contribution in [-0.2, 0) is 6.54 Å². The number of halogens is 1.